The van der Waals surface area contributed by atoms with Gasteiger partial charge in [0.05, 0.1) is 23.8 Å². The maximum Gasteiger partial charge on any atom is 0.142 e. The minimum atomic E-state index is 0.302. The van der Waals surface area contributed by atoms with Gasteiger partial charge in [-0.2, -0.15) is 0 Å². The number of aromatic nitrogens is 4. The smallest absolute Gasteiger partial charge is 0.142 e. The summed E-state index contributed by atoms with van der Waals surface area (Å²) < 4.78 is 0. The Morgan fingerprint density at radius 3 is 2.68 bits per heavy atom. The van der Waals surface area contributed by atoms with Crippen LogP contribution < -0.4 is 4.90 Å². The van der Waals surface area contributed by atoms with E-state index in [1.165, 1.54) is 12.1 Å². The van der Waals surface area contributed by atoms with Crippen molar-refractivity contribution in [1.29, 1.82) is 0 Å². The Balaban J connectivity index is 1.42. The van der Waals surface area contributed by atoms with Crippen LogP contribution in [0, 0.1) is 0 Å². The summed E-state index contributed by atoms with van der Waals surface area (Å²) in [6.07, 6.45) is 5.93. The Hall–Kier alpha value is -2.51. The molecule has 146 valence electrons. The molecule has 1 unspecified atom stereocenters. The molecule has 0 aliphatic carbocycles. The van der Waals surface area contributed by atoms with Gasteiger partial charge in [0, 0.05) is 38.6 Å². The first-order valence-corrected chi connectivity index (χ1v) is 10.2. The number of nitrogens with zero attached hydrogens (tertiary/aromatic N) is 6. The minimum Gasteiger partial charge on any atom is -0.367 e. The highest BCUT2D eigenvalue weighted by Gasteiger charge is 2.29. The first kappa shape index (κ1) is 17.6. The first-order chi connectivity index (χ1) is 13.8. The van der Waals surface area contributed by atoms with Gasteiger partial charge in [-0.15, -0.1) is 0 Å². The summed E-state index contributed by atoms with van der Waals surface area (Å²) in [4.78, 5) is 24.8. The Kier molecular flexibility index (Phi) is 4.70. The van der Waals surface area contributed by atoms with Crippen molar-refractivity contribution in [3.63, 3.8) is 0 Å². The van der Waals surface area contributed by atoms with E-state index in [9.17, 15) is 0 Å². The van der Waals surface area contributed by atoms with Crippen molar-refractivity contribution in [3.05, 3.63) is 48.3 Å². The molecule has 3 aromatic rings. The minimum absolute atomic E-state index is 0.302. The molecular weight excluding hydrogens is 350 g/mol. The highest BCUT2D eigenvalue weighted by molar-refractivity contribution is 5.89. The number of imidazole rings is 1. The average molecular weight is 377 g/mol. The number of likely N-dealkylation sites (N-methyl/N-ethyl adjacent to an activating group) is 1. The van der Waals surface area contributed by atoms with Crippen molar-refractivity contribution in [2.75, 3.05) is 44.7 Å². The molecule has 1 atom stereocenters. The average Bonchev–Trinajstić information content (AvgIpc) is 3.35. The second-order valence-corrected chi connectivity index (χ2v) is 7.88. The third-order valence-corrected chi connectivity index (χ3v) is 6.00. The van der Waals surface area contributed by atoms with Crippen molar-refractivity contribution in [3.8, 4) is 0 Å². The van der Waals surface area contributed by atoms with Crippen molar-refractivity contribution >= 4 is 16.7 Å². The normalized spacial score (nSPS) is 21.6. The molecule has 2 fully saturated rings. The van der Waals surface area contributed by atoms with Crippen LogP contribution in [-0.4, -0.2) is 69.5 Å². The van der Waals surface area contributed by atoms with E-state index in [1.807, 2.05) is 18.5 Å². The SMILES string of the molecule is CN1CCN(c2cccc3[nH]c(C4CCCN4Cc4ncccn4)nc23)CC1. The van der Waals surface area contributed by atoms with E-state index in [-0.39, 0.29) is 0 Å². The fraction of sp³-hybridized carbons (Fsp3) is 0.476. The Bertz CT molecular complexity index is 930. The van der Waals surface area contributed by atoms with Gasteiger partial charge in [0.15, 0.2) is 0 Å². The summed E-state index contributed by atoms with van der Waals surface area (Å²) in [6.45, 7) is 6.14. The molecule has 2 aliphatic rings. The molecule has 2 aromatic heterocycles. The van der Waals surface area contributed by atoms with Gasteiger partial charge in [-0.3, -0.25) is 4.90 Å². The van der Waals surface area contributed by atoms with Crippen LogP contribution in [0.4, 0.5) is 5.69 Å². The number of nitrogens with one attached hydrogen (secondary N) is 1. The van der Waals surface area contributed by atoms with Gasteiger partial charge in [0.1, 0.15) is 17.2 Å². The van der Waals surface area contributed by atoms with Crippen LogP contribution in [0.1, 0.15) is 30.5 Å². The summed E-state index contributed by atoms with van der Waals surface area (Å²) in [5.41, 5.74) is 3.49. The zero-order chi connectivity index (χ0) is 18.9. The van der Waals surface area contributed by atoms with E-state index in [2.05, 4.69) is 54.9 Å². The summed E-state index contributed by atoms with van der Waals surface area (Å²) in [6, 6.07) is 8.66. The van der Waals surface area contributed by atoms with Crippen LogP contribution in [0.2, 0.25) is 0 Å². The standard InChI is InChI=1S/C21H27N7/c1-26-11-13-27(14-12-26)17-6-2-5-16-20(17)25-21(24-16)18-7-3-10-28(18)15-19-22-8-4-9-23-19/h2,4-6,8-9,18H,3,7,10-15H2,1H3,(H,24,25). The number of rotatable bonds is 4. The molecule has 7 heteroatoms. The quantitative estimate of drug-likeness (QED) is 0.753. The van der Waals surface area contributed by atoms with Gasteiger partial charge in [0.25, 0.3) is 0 Å². The molecule has 0 saturated carbocycles. The maximum atomic E-state index is 5.09. The lowest BCUT2D eigenvalue weighted by Gasteiger charge is -2.34. The van der Waals surface area contributed by atoms with Crippen LogP contribution in [0.25, 0.3) is 11.0 Å². The molecule has 2 saturated heterocycles. The van der Waals surface area contributed by atoms with Crippen molar-refractivity contribution in [1.82, 2.24) is 29.7 Å². The van der Waals surface area contributed by atoms with Crippen molar-refractivity contribution in [2.24, 2.45) is 0 Å². The number of anilines is 1. The molecule has 0 spiro atoms. The predicted octanol–water partition coefficient (Wildman–Crippen LogP) is 2.44. The molecule has 0 amide bonds. The summed E-state index contributed by atoms with van der Waals surface area (Å²) in [7, 11) is 2.19. The van der Waals surface area contributed by atoms with Crippen LogP contribution in [-0.2, 0) is 6.54 Å². The van der Waals surface area contributed by atoms with Crippen molar-refractivity contribution < 1.29 is 0 Å². The fourth-order valence-electron chi connectivity index (χ4n) is 4.41. The number of aromatic amines is 1. The topological polar surface area (TPSA) is 64.2 Å². The lowest BCUT2D eigenvalue weighted by molar-refractivity contribution is 0.235. The second kappa shape index (κ2) is 7.48. The van der Waals surface area contributed by atoms with Crippen LogP contribution in [0.3, 0.4) is 0 Å². The zero-order valence-corrected chi connectivity index (χ0v) is 16.4. The first-order valence-electron chi connectivity index (χ1n) is 10.2. The number of para-hydroxylation sites is 1. The Morgan fingerprint density at radius 1 is 1.04 bits per heavy atom. The predicted molar refractivity (Wildman–Crippen MR) is 110 cm³/mol. The Labute approximate surface area is 165 Å². The summed E-state index contributed by atoms with van der Waals surface area (Å²) in [5, 5.41) is 0. The van der Waals surface area contributed by atoms with Gasteiger partial charge in [-0.25, -0.2) is 15.0 Å². The Morgan fingerprint density at radius 2 is 1.86 bits per heavy atom. The van der Waals surface area contributed by atoms with Crippen molar-refractivity contribution in [2.45, 2.75) is 25.4 Å². The van der Waals surface area contributed by atoms with Gasteiger partial charge in [-0.05, 0) is 44.6 Å². The van der Waals surface area contributed by atoms with E-state index in [1.54, 1.807) is 0 Å². The highest BCUT2D eigenvalue weighted by Crippen LogP contribution is 2.34. The number of piperazine rings is 1. The third-order valence-electron chi connectivity index (χ3n) is 6.00. The molecule has 0 radical (unpaired) electrons. The van der Waals surface area contributed by atoms with E-state index >= 15 is 0 Å². The van der Waals surface area contributed by atoms with Gasteiger partial charge in [-0.1, -0.05) is 6.07 Å². The molecule has 7 nitrogen and oxygen atoms in total. The third kappa shape index (κ3) is 3.36. The number of benzene rings is 1. The van der Waals surface area contributed by atoms with E-state index in [4.69, 9.17) is 4.98 Å². The van der Waals surface area contributed by atoms with Crippen LogP contribution in [0.15, 0.2) is 36.7 Å². The summed E-state index contributed by atoms with van der Waals surface area (Å²) >= 11 is 0. The molecular formula is C21H27N7. The van der Waals surface area contributed by atoms with E-state index < -0.39 is 0 Å². The lowest BCUT2D eigenvalue weighted by atomic mass is 10.2. The molecule has 1 N–H and O–H groups in total. The number of hydrogen-bond acceptors (Lipinski definition) is 6. The summed E-state index contributed by atoms with van der Waals surface area (Å²) in [5.74, 6) is 1.95. The monoisotopic (exact) mass is 377 g/mol. The molecule has 5 rings (SSSR count). The second-order valence-electron chi connectivity index (χ2n) is 7.88. The molecule has 4 heterocycles. The number of hydrogen-bond donors (Lipinski definition) is 1. The van der Waals surface area contributed by atoms with Crippen LogP contribution in [0.5, 0.6) is 0 Å². The number of H-pyrrole nitrogens is 1. The van der Waals surface area contributed by atoms with Gasteiger partial charge in [0.2, 0.25) is 0 Å². The molecule has 2 aliphatic heterocycles. The highest BCUT2D eigenvalue weighted by atomic mass is 15.3. The van der Waals surface area contributed by atoms with Gasteiger partial charge >= 0.3 is 0 Å². The van der Waals surface area contributed by atoms with Crippen LogP contribution >= 0.6 is 0 Å². The maximum absolute atomic E-state index is 5.09. The lowest BCUT2D eigenvalue weighted by Crippen LogP contribution is -2.44. The fourth-order valence-corrected chi connectivity index (χ4v) is 4.41. The molecule has 1 aromatic carbocycles. The van der Waals surface area contributed by atoms with Gasteiger partial charge < -0.3 is 14.8 Å². The molecule has 0 bridgehead atoms. The zero-order valence-electron chi connectivity index (χ0n) is 16.4. The number of likely N-dealkylation sites (tertiary alicyclic amines) is 1. The molecule has 28 heavy (non-hydrogen) atoms. The van der Waals surface area contributed by atoms with E-state index in [0.717, 1.165) is 68.4 Å². The largest absolute Gasteiger partial charge is 0.367 e. The van der Waals surface area contributed by atoms with E-state index in [0.29, 0.717) is 6.04 Å². The number of fused-ring (bicyclic) bond motifs is 1.